The molecule has 0 aliphatic heterocycles. The van der Waals surface area contributed by atoms with E-state index in [0.29, 0.717) is 29.9 Å². The number of ether oxygens (including phenoxy) is 1. The van der Waals surface area contributed by atoms with E-state index in [2.05, 4.69) is 28.8 Å². The Morgan fingerprint density at radius 3 is 2.26 bits per heavy atom. The molecule has 10 heteroatoms. The summed E-state index contributed by atoms with van der Waals surface area (Å²) in [6.45, 7) is 6.89. The van der Waals surface area contributed by atoms with E-state index >= 15 is 0 Å². The fourth-order valence-electron chi connectivity index (χ4n) is 3.91. The van der Waals surface area contributed by atoms with Gasteiger partial charge < -0.3 is 19.6 Å². The smallest absolute Gasteiger partial charge is 0.165 e. The Labute approximate surface area is 220 Å². The standard InChI is InChI=1S/C25H46N5O2PS2/c1-4-5-6-7-8-9-10-11-12-13-14-15-16-34-35-22(3)33(31)20-32-21(2)17-30-19-29-23-24(26)27-18-28-25(23)30/h18-19,21-22,33H,4-17,20H2,1-3H3,(H2,26,27,28). The van der Waals surface area contributed by atoms with Crippen LogP contribution in [0.4, 0.5) is 5.82 Å². The number of imidazole rings is 1. The van der Waals surface area contributed by atoms with Gasteiger partial charge in [0.25, 0.3) is 0 Å². The molecule has 0 aliphatic rings. The Morgan fingerprint density at radius 1 is 0.971 bits per heavy atom. The zero-order chi connectivity index (χ0) is 25.3. The van der Waals surface area contributed by atoms with E-state index in [1.165, 1.54) is 83.4 Å². The van der Waals surface area contributed by atoms with E-state index in [-0.39, 0.29) is 11.1 Å². The van der Waals surface area contributed by atoms with Gasteiger partial charge in [0.15, 0.2) is 11.5 Å². The fraction of sp³-hybridized carbons (Fsp3) is 0.800. The zero-order valence-electron chi connectivity index (χ0n) is 21.9. The molecule has 0 spiro atoms. The minimum atomic E-state index is -1.81. The first kappa shape index (κ1) is 30.5. The zero-order valence-corrected chi connectivity index (χ0v) is 24.5. The second kappa shape index (κ2) is 18.5. The summed E-state index contributed by atoms with van der Waals surface area (Å²) >= 11 is 0. The fourth-order valence-corrected chi connectivity index (χ4v) is 8.68. The molecule has 2 heterocycles. The predicted octanol–water partition coefficient (Wildman–Crippen LogP) is 7.76. The van der Waals surface area contributed by atoms with Crippen molar-refractivity contribution >= 4 is 46.4 Å². The number of nitrogen functional groups attached to an aromatic ring is 1. The van der Waals surface area contributed by atoms with Crippen LogP contribution in [-0.4, -0.2) is 42.7 Å². The van der Waals surface area contributed by atoms with Crippen LogP contribution in [0.25, 0.3) is 11.2 Å². The van der Waals surface area contributed by atoms with Crippen molar-refractivity contribution in [2.75, 3.05) is 17.8 Å². The Hall–Kier alpha value is -0.760. The lowest BCUT2D eigenvalue weighted by Gasteiger charge is -2.16. The number of nitrogens with zero attached hydrogens (tertiary/aromatic N) is 4. The van der Waals surface area contributed by atoms with Crippen LogP contribution in [0.15, 0.2) is 12.7 Å². The number of rotatable bonds is 21. The average molecular weight is 544 g/mol. The van der Waals surface area contributed by atoms with Crippen molar-refractivity contribution in [2.24, 2.45) is 0 Å². The summed E-state index contributed by atoms with van der Waals surface area (Å²) in [5.74, 6) is 1.51. The maximum absolute atomic E-state index is 12.6. The summed E-state index contributed by atoms with van der Waals surface area (Å²) in [5, 5.41) is 0. The van der Waals surface area contributed by atoms with Gasteiger partial charge in [-0.05, 0) is 20.3 Å². The van der Waals surface area contributed by atoms with E-state index in [1.54, 1.807) is 17.1 Å². The molecule has 0 fully saturated rings. The molecule has 7 nitrogen and oxygen atoms in total. The molecular formula is C25H46N5O2PS2. The van der Waals surface area contributed by atoms with Crippen molar-refractivity contribution in [1.29, 1.82) is 0 Å². The number of unbranched alkanes of at least 4 members (excludes halogenated alkanes) is 11. The number of fused-ring (bicyclic) bond motifs is 1. The topological polar surface area (TPSA) is 95.9 Å². The summed E-state index contributed by atoms with van der Waals surface area (Å²) in [4.78, 5) is 12.6. The molecule has 2 aromatic heterocycles. The van der Waals surface area contributed by atoms with Crippen molar-refractivity contribution in [3.05, 3.63) is 12.7 Å². The van der Waals surface area contributed by atoms with Crippen LogP contribution >= 0.6 is 29.4 Å². The third-order valence-corrected chi connectivity index (χ3v) is 11.8. The molecular weight excluding hydrogens is 497 g/mol. The minimum Gasteiger partial charge on any atom is -0.382 e. The second-order valence-corrected chi connectivity index (χ2v) is 14.7. The van der Waals surface area contributed by atoms with E-state index in [4.69, 9.17) is 10.5 Å². The maximum atomic E-state index is 12.6. The van der Waals surface area contributed by atoms with Crippen LogP contribution in [0.2, 0.25) is 0 Å². The number of aromatic nitrogens is 4. The van der Waals surface area contributed by atoms with Gasteiger partial charge in [-0.3, -0.25) is 0 Å². The predicted molar refractivity (Wildman–Crippen MR) is 155 cm³/mol. The lowest BCUT2D eigenvalue weighted by atomic mass is 10.1. The highest BCUT2D eigenvalue weighted by molar-refractivity contribution is 8.77. The normalized spacial score (nSPS) is 14.4. The Balaban J connectivity index is 1.46. The van der Waals surface area contributed by atoms with Gasteiger partial charge in [0.05, 0.1) is 30.3 Å². The highest BCUT2D eigenvalue weighted by atomic mass is 33.1. The molecule has 2 rings (SSSR count). The lowest BCUT2D eigenvalue weighted by molar-refractivity contribution is 0.0880. The van der Waals surface area contributed by atoms with Crippen LogP contribution in [0, 0.1) is 0 Å². The largest absolute Gasteiger partial charge is 0.382 e. The van der Waals surface area contributed by atoms with E-state index in [1.807, 2.05) is 22.3 Å². The monoisotopic (exact) mass is 543 g/mol. The van der Waals surface area contributed by atoms with Crippen molar-refractivity contribution in [3.8, 4) is 0 Å². The summed E-state index contributed by atoms with van der Waals surface area (Å²) in [7, 11) is 1.80. The van der Waals surface area contributed by atoms with Crippen LogP contribution in [-0.2, 0) is 15.8 Å². The van der Waals surface area contributed by atoms with Crippen molar-refractivity contribution in [2.45, 2.75) is 115 Å². The summed E-state index contributed by atoms with van der Waals surface area (Å²) in [6.07, 6.45) is 19.9. The molecule has 2 aromatic rings. The highest BCUT2D eigenvalue weighted by Gasteiger charge is 2.15. The van der Waals surface area contributed by atoms with Crippen LogP contribution in [0.3, 0.4) is 0 Å². The molecule has 0 amide bonds. The van der Waals surface area contributed by atoms with E-state index < -0.39 is 7.80 Å². The number of nitrogens with two attached hydrogens (primary N) is 1. The first-order valence-electron chi connectivity index (χ1n) is 13.4. The molecule has 2 N–H and O–H groups in total. The lowest BCUT2D eigenvalue weighted by Crippen LogP contribution is -2.16. The number of anilines is 1. The van der Waals surface area contributed by atoms with Crippen molar-refractivity contribution in [1.82, 2.24) is 19.5 Å². The number of hydrogen-bond acceptors (Lipinski definition) is 8. The third kappa shape index (κ3) is 12.4. The Bertz CT molecular complexity index is 854. The van der Waals surface area contributed by atoms with Gasteiger partial charge in [0.2, 0.25) is 0 Å². The summed E-state index contributed by atoms with van der Waals surface area (Å²) < 4.78 is 20.4. The molecule has 3 atom stereocenters. The first-order valence-corrected chi connectivity index (χ1v) is 17.4. The second-order valence-electron chi connectivity index (χ2n) is 9.37. The SMILES string of the molecule is CCCCCCCCCCCCCCSSC(C)[PH](=O)COC(C)Cn1cnc2c(N)ncnc21. The maximum Gasteiger partial charge on any atom is 0.165 e. The molecule has 35 heavy (non-hydrogen) atoms. The molecule has 0 saturated carbocycles. The third-order valence-electron chi connectivity index (χ3n) is 6.14. The molecule has 0 bridgehead atoms. The van der Waals surface area contributed by atoms with E-state index in [9.17, 15) is 4.57 Å². The molecule has 0 aromatic carbocycles. The molecule has 0 radical (unpaired) electrons. The van der Waals surface area contributed by atoms with Crippen LogP contribution in [0.5, 0.6) is 0 Å². The van der Waals surface area contributed by atoms with Gasteiger partial charge in [-0.25, -0.2) is 15.0 Å². The van der Waals surface area contributed by atoms with Gasteiger partial charge in [0.1, 0.15) is 19.6 Å². The molecule has 0 aliphatic carbocycles. The average Bonchev–Trinajstić information content (AvgIpc) is 3.26. The quantitative estimate of drug-likeness (QED) is 0.0969. The van der Waals surface area contributed by atoms with Crippen LogP contribution in [0.1, 0.15) is 97.8 Å². The van der Waals surface area contributed by atoms with Gasteiger partial charge in [0, 0.05) is 5.75 Å². The van der Waals surface area contributed by atoms with Gasteiger partial charge in [-0.15, -0.1) is 0 Å². The summed E-state index contributed by atoms with van der Waals surface area (Å²) in [5.41, 5.74) is 7.14. The minimum absolute atomic E-state index is 0.0940. The molecule has 0 saturated heterocycles. The Kier molecular flexibility index (Phi) is 16.1. The van der Waals surface area contributed by atoms with Crippen molar-refractivity contribution in [3.63, 3.8) is 0 Å². The van der Waals surface area contributed by atoms with Gasteiger partial charge in [-0.2, -0.15) is 0 Å². The van der Waals surface area contributed by atoms with Gasteiger partial charge in [-0.1, -0.05) is 99.1 Å². The molecule has 3 unspecified atom stereocenters. The van der Waals surface area contributed by atoms with Gasteiger partial charge >= 0.3 is 0 Å². The van der Waals surface area contributed by atoms with E-state index in [0.717, 1.165) is 5.75 Å². The first-order chi connectivity index (χ1) is 17.0. The highest BCUT2D eigenvalue weighted by Crippen LogP contribution is 2.42. The summed E-state index contributed by atoms with van der Waals surface area (Å²) in [6, 6.07) is 0. The molecule has 200 valence electrons. The number of hydrogen-bond donors (Lipinski definition) is 1. The van der Waals surface area contributed by atoms with Crippen molar-refractivity contribution < 1.29 is 9.30 Å². The van der Waals surface area contributed by atoms with Crippen LogP contribution < -0.4 is 5.73 Å². The Morgan fingerprint density at radius 2 is 1.60 bits per heavy atom.